The van der Waals surface area contributed by atoms with E-state index in [1.54, 1.807) is 7.11 Å². The number of methoxy groups -OCH3 is 1. The molecule has 4 rings (SSSR count). The van der Waals surface area contributed by atoms with Gasteiger partial charge >= 0.3 is 0 Å². The van der Waals surface area contributed by atoms with Gasteiger partial charge in [-0.3, -0.25) is 9.59 Å². The first-order valence-electron chi connectivity index (χ1n) is 11.0. The van der Waals surface area contributed by atoms with Crippen molar-refractivity contribution in [1.82, 2.24) is 14.8 Å². The van der Waals surface area contributed by atoms with E-state index in [-0.39, 0.29) is 17.9 Å². The Morgan fingerprint density at radius 3 is 2.25 bits per heavy atom. The van der Waals surface area contributed by atoms with Crippen LogP contribution in [0.1, 0.15) is 44.9 Å². The lowest BCUT2D eigenvalue weighted by atomic mass is 10.0. The first-order valence-corrected chi connectivity index (χ1v) is 11.0. The highest BCUT2D eigenvalue weighted by Gasteiger charge is 2.27. The maximum atomic E-state index is 13.3. The third-order valence-corrected chi connectivity index (χ3v) is 6.15. The zero-order valence-corrected chi connectivity index (χ0v) is 18.8. The predicted octanol–water partition coefficient (Wildman–Crippen LogP) is 4.14. The van der Waals surface area contributed by atoms with Crippen molar-refractivity contribution in [1.29, 1.82) is 0 Å². The van der Waals surface area contributed by atoms with Gasteiger partial charge in [-0.15, -0.1) is 0 Å². The summed E-state index contributed by atoms with van der Waals surface area (Å²) in [6.45, 7) is 5.26. The second kappa shape index (κ2) is 9.30. The number of amides is 2. The number of nitrogens with one attached hydrogen (secondary N) is 1. The molecule has 1 fully saturated rings. The van der Waals surface area contributed by atoms with Gasteiger partial charge < -0.3 is 19.5 Å². The minimum absolute atomic E-state index is 0.0469. The van der Waals surface area contributed by atoms with Crippen LogP contribution in [0.2, 0.25) is 0 Å². The molecule has 0 bridgehead atoms. The first-order chi connectivity index (χ1) is 15.5. The van der Waals surface area contributed by atoms with Crippen molar-refractivity contribution < 1.29 is 14.3 Å². The molecule has 0 saturated carbocycles. The Kier molecular flexibility index (Phi) is 6.30. The van der Waals surface area contributed by atoms with E-state index in [4.69, 9.17) is 4.74 Å². The lowest BCUT2D eigenvalue weighted by Crippen LogP contribution is -2.46. The maximum Gasteiger partial charge on any atom is 0.255 e. The van der Waals surface area contributed by atoms with Gasteiger partial charge in [-0.25, -0.2) is 0 Å². The molecule has 1 N–H and O–H groups in total. The second-order valence-corrected chi connectivity index (χ2v) is 8.22. The number of carbonyl (C=O) groups excluding carboxylic acids is 2. The molecule has 0 spiro atoms. The molecule has 3 aromatic rings. The van der Waals surface area contributed by atoms with Crippen LogP contribution >= 0.6 is 0 Å². The number of piperidine rings is 1. The number of aryl methyl sites for hydroxylation is 1. The van der Waals surface area contributed by atoms with Crippen molar-refractivity contribution in [3.63, 3.8) is 0 Å². The van der Waals surface area contributed by atoms with Gasteiger partial charge in [0.1, 0.15) is 5.75 Å². The number of nitrogens with zero attached hydrogens (tertiary/aromatic N) is 2. The average Bonchev–Trinajstić information content (AvgIpc) is 3.13. The summed E-state index contributed by atoms with van der Waals surface area (Å²) in [5.74, 6) is 0.791. The smallest absolute Gasteiger partial charge is 0.255 e. The van der Waals surface area contributed by atoms with E-state index in [1.807, 2.05) is 79.4 Å². The molecule has 1 aliphatic heterocycles. The fraction of sp³-hybridized carbons (Fsp3) is 0.308. The molecule has 166 valence electrons. The lowest BCUT2D eigenvalue weighted by Gasteiger charge is -2.32. The Balaban J connectivity index is 1.41. The van der Waals surface area contributed by atoms with Gasteiger partial charge in [0.25, 0.3) is 11.8 Å². The number of aromatic nitrogens is 1. The van der Waals surface area contributed by atoms with Crippen LogP contribution in [0.15, 0.2) is 60.7 Å². The van der Waals surface area contributed by atoms with Crippen LogP contribution in [0.3, 0.4) is 0 Å². The summed E-state index contributed by atoms with van der Waals surface area (Å²) in [4.78, 5) is 27.6. The summed E-state index contributed by atoms with van der Waals surface area (Å²) in [7, 11) is 1.65. The van der Waals surface area contributed by atoms with E-state index in [0.29, 0.717) is 18.7 Å². The van der Waals surface area contributed by atoms with Crippen molar-refractivity contribution in [2.45, 2.75) is 32.7 Å². The third-order valence-electron chi connectivity index (χ3n) is 6.15. The Hall–Kier alpha value is -3.54. The highest BCUT2D eigenvalue weighted by atomic mass is 16.5. The van der Waals surface area contributed by atoms with E-state index in [1.165, 1.54) is 0 Å². The van der Waals surface area contributed by atoms with Gasteiger partial charge in [0.2, 0.25) is 0 Å². The Bertz CT molecular complexity index is 1100. The molecule has 6 heteroatoms. The van der Waals surface area contributed by atoms with Crippen LogP contribution in [-0.2, 0) is 0 Å². The van der Waals surface area contributed by atoms with Crippen LogP contribution in [0.25, 0.3) is 5.69 Å². The monoisotopic (exact) mass is 431 g/mol. The number of hydrogen-bond donors (Lipinski definition) is 1. The first kappa shape index (κ1) is 21.7. The zero-order chi connectivity index (χ0) is 22.7. The number of carbonyl (C=O) groups is 2. The summed E-state index contributed by atoms with van der Waals surface area (Å²) < 4.78 is 7.35. The molecule has 2 heterocycles. The summed E-state index contributed by atoms with van der Waals surface area (Å²) >= 11 is 0. The molecule has 2 aromatic carbocycles. The van der Waals surface area contributed by atoms with Crippen LogP contribution in [-0.4, -0.2) is 47.5 Å². The molecule has 32 heavy (non-hydrogen) atoms. The van der Waals surface area contributed by atoms with Gasteiger partial charge in [-0.05, 0) is 69.2 Å². The molecule has 1 aliphatic rings. The fourth-order valence-corrected chi connectivity index (χ4v) is 4.36. The minimum atomic E-state index is -0.0570. The van der Waals surface area contributed by atoms with Crippen molar-refractivity contribution in [2.75, 3.05) is 20.2 Å². The standard InChI is InChI=1S/C26H29N3O3/c1-18-17-24(19(2)29(18)22-9-11-23(32-3)12-10-22)26(31)28-15-13-21(14-16-28)27-25(30)20-7-5-4-6-8-20/h4-12,17,21H,13-16H2,1-3H3,(H,27,30). The van der Waals surface area contributed by atoms with Crippen LogP contribution in [0, 0.1) is 13.8 Å². The van der Waals surface area contributed by atoms with Gasteiger partial charge in [0.05, 0.1) is 12.7 Å². The van der Waals surface area contributed by atoms with E-state index in [9.17, 15) is 9.59 Å². The highest BCUT2D eigenvalue weighted by molar-refractivity contribution is 5.96. The number of likely N-dealkylation sites (tertiary alicyclic amines) is 1. The molecule has 0 radical (unpaired) electrons. The van der Waals surface area contributed by atoms with Crippen molar-refractivity contribution >= 4 is 11.8 Å². The molecule has 0 atom stereocenters. The van der Waals surface area contributed by atoms with Crippen LogP contribution < -0.4 is 10.1 Å². The van der Waals surface area contributed by atoms with Crippen LogP contribution in [0.4, 0.5) is 0 Å². The van der Waals surface area contributed by atoms with E-state index >= 15 is 0 Å². The molecular formula is C26H29N3O3. The molecule has 0 aliphatic carbocycles. The van der Waals surface area contributed by atoms with Crippen LogP contribution in [0.5, 0.6) is 5.75 Å². The number of benzene rings is 2. The molecule has 6 nitrogen and oxygen atoms in total. The summed E-state index contributed by atoms with van der Waals surface area (Å²) in [5, 5.41) is 3.10. The minimum Gasteiger partial charge on any atom is -0.497 e. The second-order valence-electron chi connectivity index (χ2n) is 8.22. The fourth-order valence-electron chi connectivity index (χ4n) is 4.36. The van der Waals surface area contributed by atoms with Gasteiger partial charge in [0.15, 0.2) is 0 Å². The van der Waals surface area contributed by atoms with Crippen molar-refractivity contribution in [3.8, 4) is 11.4 Å². The molecular weight excluding hydrogens is 402 g/mol. The number of ether oxygens (including phenoxy) is 1. The van der Waals surface area contributed by atoms with E-state index in [2.05, 4.69) is 9.88 Å². The zero-order valence-electron chi connectivity index (χ0n) is 18.8. The van der Waals surface area contributed by atoms with Gasteiger partial charge in [0, 0.05) is 41.8 Å². The summed E-state index contributed by atoms with van der Waals surface area (Å²) in [6.07, 6.45) is 1.50. The van der Waals surface area contributed by atoms with Crippen molar-refractivity contribution in [2.24, 2.45) is 0 Å². The quantitative estimate of drug-likeness (QED) is 0.661. The predicted molar refractivity (Wildman–Crippen MR) is 125 cm³/mol. The maximum absolute atomic E-state index is 13.3. The highest BCUT2D eigenvalue weighted by Crippen LogP contribution is 2.25. The number of rotatable bonds is 5. The number of hydrogen-bond acceptors (Lipinski definition) is 3. The largest absolute Gasteiger partial charge is 0.497 e. The van der Waals surface area contributed by atoms with Gasteiger partial charge in [-0.1, -0.05) is 18.2 Å². The Morgan fingerprint density at radius 2 is 1.62 bits per heavy atom. The molecule has 1 saturated heterocycles. The third kappa shape index (κ3) is 4.40. The van der Waals surface area contributed by atoms with Crippen molar-refractivity contribution in [3.05, 3.63) is 83.2 Å². The topological polar surface area (TPSA) is 63.6 Å². The summed E-state index contributed by atoms with van der Waals surface area (Å²) in [5.41, 5.74) is 4.34. The van der Waals surface area contributed by atoms with E-state index < -0.39 is 0 Å². The summed E-state index contributed by atoms with van der Waals surface area (Å²) in [6, 6.07) is 19.1. The van der Waals surface area contributed by atoms with E-state index in [0.717, 1.165) is 41.2 Å². The normalized spacial score (nSPS) is 14.3. The molecule has 0 unspecified atom stereocenters. The molecule has 2 amide bonds. The average molecular weight is 432 g/mol. The SMILES string of the molecule is COc1ccc(-n2c(C)cc(C(=O)N3CCC(NC(=O)c4ccccc4)CC3)c2C)cc1. The van der Waals surface area contributed by atoms with Gasteiger partial charge in [-0.2, -0.15) is 0 Å². The Morgan fingerprint density at radius 1 is 0.969 bits per heavy atom. The lowest BCUT2D eigenvalue weighted by molar-refractivity contribution is 0.0697. The Labute approximate surface area is 188 Å². The molecule has 1 aromatic heterocycles.